The number of aliphatic hydroxyl groups is 1. The van der Waals surface area contributed by atoms with E-state index in [4.69, 9.17) is 14.6 Å². The molecule has 2 aromatic rings. The Labute approximate surface area is 203 Å². The smallest absolute Gasteiger partial charge is 0.310 e. The zero-order chi connectivity index (χ0) is 25.8. The molecule has 6 heteroatoms. The third kappa shape index (κ3) is 13.5. The third-order valence-corrected chi connectivity index (χ3v) is 4.30. The van der Waals surface area contributed by atoms with E-state index in [0.29, 0.717) is 12.8 Å². The molecule has 0 aliphatic heterocycles. The second-order valence-corrected chi connectivity index (χ2v) is 10.0. The van der Waals surface area contributed by atoms with Gasteiger partial charge in [0.25, 0.3) is 0 Å². The van der Waals surface area contributed by atoms with Crippen molar-refractivity contribution in [2.75, 3.05) is 6.61 Å². The normalized spacial score (nSPS) is 11.1. The third-order valence-electron chi connectivity index (χ3n) is 4.30. The molecule has 0 atom stereocenters. The molecule has 34 heavy (non-hydrogen) atoms. The molecule has 0 aromatic heterocycles. The highest BCUT2D eigenvalue weighted by atomic mass is 16.6. The Balaban J connectivity index is 0.000000340. The maximum atomic E-state index is 11.6. The molecule has 0 aliphatic rings. The minimum absolute atomic E-state index is 0.144. The number of hydrogen-bond acceptors (Lipinski definition) is 6. The molecule has 6 nitrogen and oxygen atoms in total. The number of carbonyl (C=O) groups excluding carboxylic acids is 3. The first kappa shape index (κ1) is 29.0. The van der Waals surface area contributed by atoms with Gasteiger partial charge >= 0.3 is 11.9 Å². The maximum absolute atomic E-state index is 11.6. The van der Waals surface area contributed by atoms with E-state index in [1.165, 1.54) is 0 Å². The molecule has 186 valence electrons. The molecule has 0 saturated carbocycles. The van der Waals surface area contributed by atoms with E-state index < -0.39 is 11.2 Å². The minimum atomic E-state index is -0.450. The second kappa shape index (κ2) is 13.7. The molecule has 2 rings (SSSR count). The van der Waals surface area contributed by atoms with Gasteiger partial charge in [0, 0.05) is 13.0 Å². The van der Waals surface area contributed by atoms with Crippen LogP contribution in [-0.4, -0.2) is 41.1 Å². The van der Waals surface area contributed by atoms with Gasteiger partial charge in [-0.3, -0.25) is 9.59 Å². The van der Waals surface area contributed by atoms with Crippen LogP contribution < -0.4 is 0 Å². The van der Waals surface area contributed by atoms with Crippen LogP contribution in [0.25, 0.3) is 0 Å². The van der Waals surface area contributed by atoms with Crippen LogP contribution in [0.3, 0.4) is 0 Å². The Bertz CT molecular complexity index is 900. The van der Waals surface area contributed by atoms with Crippen molar-refractivity contribution in [1.29, 1.82) is 0 Å². The molecule has 0 amide bonds. The number of hydrogen-bond donors (Lipinski definition) is 1. The molecular weight excluding hydrogens is 432 g/mol. The fraction of sp³-hybridized carbons (Fsp3) is 0.464. The second-order valence-electron chi connectivity index (χ2n) is 10.0. The first-order valence-electron chi connectivity index (χ1n) is 11.4. The summed E-state index contributed by atoms with van der Waals surface area (Å²) in [7, 11) is 0. The SMILES string of the molecule is CC(C)(C)OC(=O)Cc1ccc(CC=O)cc1.CC(C)(C)OC(=O)Cc1ccc(CCO)cc1. The van der Waals surface area contributed by atoms with Crippen molar-refractivity contribution in [2.45, 2.75) is 78.4 Å². The number of aliphatic hydroxyl groups excluding tert-OH is 1. The van der Waals surface area contributed by atoms with Crippen LogP contribution in [0.4, 0.5) is 0 Å². The predicted molar refractivity (Wildman–Crippen MR) is 133 cm³/mol. The highest BCUT2D eigenvalue weighted by Gasteiger charge is 2.17. The summed E-state index contributed by atoms with van der Waals surface area (Å²) in [6.45, 7) is 11.2. The summed E-state index contributed by atoms with van der Waals surface area (Å²) >= 11 is 0. The standard InChI is InChI=1S/C14H20O3.C14H18O3/c2*1-14(2,3)17-13(16)10-12-6-4-11(5-7-12)8-9-15/h4-7,15H,8-10H2,1-3H3;4-7,9H,8,10H2,1-3H3. The van der Waals surface area contributed by atoms with Crippen molar-refractivity contribution in [3.8, 4) is 0 Å². The molecule has 1 N–H and O–H groups in total. The van der Waals surface area contributed by atoms with Gasteiger partial charge in [-0.15, -0.1) is 0 Å². The van der Waals surface area contributed by atoms with Gasteiger partial charge in [-0.05, 0) is 70.2 Å². The van der Waals surface area contributed by atoms with Crippen LogP contribution in [0.5, 0.6) is 0 Å². The zero-order valence-corrected chi connectivity index (χ0v) is 21.2. The van der Waals surface area contributed by atoms with Crippen molar-refractivity contribution in [2.24, 2.45) is 0 Å². The van der Waals surface area contributed by atoms with Crippen molar-refractivity contribution < 1.29 is 29.0 Å². The van der Waals surface area contributed by atoms with E-state index in [-0.39, 0.29) is 31.4 Å². The van der Waals surface area contributed by atoms with E-state index in [1.54, 1.807) is 0 Å². The van der Waals surface area contributed by atoms with Gasteiger partial charge in [0.2, 0.25) is 0 Å². The highest BCUT2D eigenvalue weighted by Crippen LogP contribution is 2.12. The first-order chi connectivity index (χ1) is 15.8. The van der Waals surface area contributed by atoms with Gasteiger partial charge in [-0.25, -0.2) is 0 Å². The molecule has 0 bridgehead atoms. The molecular formula is C28H38O6. The summed E-state index contributed by atoms with van der Waals surface area (Å²) in [6, 6.07) is 15.1. The Morgan fingerprint density at radius 1 is 0.706 bits per heavy atom. The van der Waals surface area contributed by atoms with E-state index in [9.17, 15) is 14.4 Å². The van der Waals surface area contributed by atoms with E-state index in [2.05, 4.69) is 0 Å². The Morgan fingerprint density at radius 3 is 1.38 bits per heavy atom. The quantitative estimate of drug-likeness (QED) is 0.454. The summed E-state index contributed by atoms with van der Waals surface area (Å²) in [5.41, 5.74) is 2.96. The van der Waals surface area contributed by atoms with Crippen molar-refractivity contribution in [3.05, 3.63) is 70.8 Å². The number of carbonyl (C=O) groups is 3. The Morgan fingerprint density at radius 2 is 1.06 bits per heavy atom. The van der Waals surface area contributed by atoms with Gasteiger partial charge in [-0.2, -0.15) is 0 Å². The highest BCUT2D eigenvalue weighted by molar-refractivity contribution is 5.73. The lowest BCUT2D eigenvalue weighted by Gasteiger charge is -2.19. The van der Waals surface area contributed by atoms with Gasteiger partial charge in [0.05, 0.1) is 12.8 Å². The van der Waals surface area contributed by atoms with Crippen LogP contribution in [0.1, 0.15) is 63.8 Å². The minimum Gasteiger partial charge on any atom is -0.460 e. The number of benzene rings is 2. The van der Waals surface area contributed by atoms with E-state index >= 15 is 0 Å². The van der Waals surface area contributed by atoms with Gasteiger partial charge in [0.15, 0.2) is 0 Å². The van der Waals surface area contributed by atoms with Gasteiger partial charge in [-0.1, -0.05) is 48.5 Å². The zero-order valence-electron chi connectivity index (χ0n) is 21.2. The lowest BCUT2D eigenvalue weighted by Crippen LogP contribution is -2.24. The summed E-state index contributed by atoms with van der Waals surface area (Å²) in [5, 5.41) is 8.79. The van der Waals surface area contributed by atoms with E-state index in [1.807, 2.05) is 90.1 Å². The van der Waals surface area contributed by atoms with Crippen LogP contribution in [0.2, 0.25) is 0 Å². The number of esters is 2. The number of aldehydes is 1. The first-order valence-corrected chi connectivity index (χ1v) is 11.4. The van der Waals surface area contributed by atoms with Crippen LogP contribution in [-0.2, 0) is 49.5 Å². The van der Waals surface area contributed by atoms with Crippen LogP contribution in [0.15, 0.2) is 48.5 Å². The molecule has 2 aromatic carbocycles. The molecule has 0 spiro atoms. The molecule has 0 radical (unpaired) electrons. The number of ether oxygens (including phenoxy) is 2. The molecule has 0 aliphatic carbocycles. The summed E-state index contributed by atoms with van der Waals surface area (Å²) in [6.07, 6.45) is 2.47. The van der Waals surface area contributed by atoms with Crippen LogP contribution in [0, 0.1) is 0 Å². The molecule has 0 heterocycles. The lowest BCUT2D eigenvalue weighted by atomic mass is 10.1. The summed E-state index contributed by atoms with van der Waals surface area (Å²) in [5.74, 6) is -0.451. The van der Waals surface area contributed by atoms with Gasteiger partial charge in [0.1, 0.15) is 17.5 Å². The van der Waals surface area contributed by atoms with Crippen molar-refractivity contribution >= 4 is 18.2 Å². The van der Waals surface area contributed by atoms with E-state index in [0.717, 1.165) is 28.5 Å². The average Bonchev–Trinajstić information content (AvgIpc) is 2.69. The Hall–Kier alpha value is -2.99. The number of rotatable bonds is 8. The lowest BCUT2D eigenvalue weighted by molar-refractivity contribution is -0.155. The van der Waals surface area contributed by atoms with Crippen molar-refractivity contribution in [3.63, 3.8) is 0 Å². The fourth-order valence-electron chi connectivity index (χ4n) is 2.93. The molecule has 0 fully saturated rings. The van der Waals surface area contributed by atoms with Crippen molar-refractivity contribution in [1.82, 2.24) is 0 Å². The van der Waals surface area contributed by atoms with Crippen LogP contribution >= 0.6 is 0 Å². The average molecular weight is 471 g/mol. The predicted octanol–water partition coefficient (Wildman–Crippen LogP) is 4.42. The summed E-state index contributed by atoms with van der Waals surface area (Å²) < 4.78 is 10.5. The maximum Gasteiger partial charge on any atom is 0.310 e. The summed E-state index contributed by atoms with van der Waals surface area (Å²) in [4.78, 5) is 33.5. The fourth-order valence-corrected chi connectivity index (χ4v) is 2.93. The monoisotopic (exact) mass is 470 g/mol. The molecule has 0 saturated heterocycles. The Kier molecular flexibility index (Phi) is 11.7. The topological polar surface area (TPSA) is 89.9 Å². The van der Waals surface area contributed by atoms with Gasteiger partial charge < -0.3 is 19.4 Å². The largest absolute Gasteiger partial charge is 0.460 e. The molecule has 0 unspecified atom stereocenters.